The molecule has 0 heterocycles. The summed E-state index contributed by atoms with van der Waals surface area (Å²) in [4.78, 5) is 0. The predicted octanol–water partition coefficient (Wildman–Crippen LogP) is 5.93. The quantitative estimate of drug-likeness (QED) is 0.603. The number of hydrogen-bond donors (Lipinski definition) is 0. The van der Waals surface area contributed by atoms with Crippen molar-refractivity contribution < 1.29 is 22.0 Å². The molecule has 0 spiro atoms. The van der Waals surface area contributed by atoms with Crippen LogP contribution in [0.5, 0.6) is 0 Å². The average molecular weight is 300 g/mol. The molecule has 0 saturated heterocycles. The van der Waals surface area contributed by atoms with Gasteiger partial charge in [0.2, 0.25) is 0 Å². The van der Waals surface area contributed by atoms with Gasteiger partial charge in [-0.05, 0) is 54.3 Å². The highest BCUT2D eigenvalue weighted by atomic mass is 19.4. The summed E-state index contributed by atoms with van der Waals surface area (Å²) in [5, 5.41) is 0. The highest BCUT2D eigenvalue weighted by Crippen LogP contribution is 2.36. The van der Waals surface area contributed by atoms with Gasteiger partial charge in [-0.25, -0.2) is 8.78 Å². The molecule has 0 aliphatic heterocycles. The Bertz CT molecular complexity index is 656. The third-order valence-corrected chi connectivity index (χ3v) is 3.37. The summed E-state index contributed by atoms with van der Waals surface area (Å²) in [5.74, 6) is 0. The van der Waals surface area contributed by atoms with Crippen molar-refractivity contribution in [3.05, 3.63) is 58.7 Å². The monoisotopic (exact) mass is 300 g/mol. The number of halogens is 5. The Hall–Kier alpha value is -1.91. The van der Waals surface area contributed by atoms with Crippen molar-refractivity contribution in [3.8, 4) is 11.1 Å². The lowest BCUT2D eigenvalue weighted by Gasteiger charge is -2.13. The van der Waals surface area contributed by atoms with E-state index < -0.39 is 23.7 Å². The second kappa shape index (κ2) is 5.47. The molecule has 2 aromatic carbocycles. The fourth-order valence-corrected chi connectivity index (χ4v) is 2.03. The maximum atomic E-state index is 12.8. The smallest absolute Gasteiger partial charge is 0.205 e. The highest BCUT2D eigenvalue weighted by Gasteiger charge is 2.32. The van der Waals surface area contributed by atoms with Crippen LogP contribution in [0.4, 0.5) is 22.0 Å². The van der Waals surface area contributed by atoms with E-state index in [2.05, 4.69) is 0 Å². The zero-order chi connectivity index (χ0) is 15.8. The van der Waals surface area contributed by atoms with E-state index in [9.17, 15) is 22.0 Å². The van der Waals surface area contributed by atoms with E-state index in [1.807, 2.05) is 13.8 Å². The van der Waals surface area contributed by atoms with Gasteiger partial charge in [-0.15, -0.1) is 0 Å². The topological polar surface area (TPSA) is 0 Å². The van der Waals surface area contributed by atoms with Gasteiger partial charge in [0, 0.05) is 5.56 Å². The Kier molecular flexibility index (Phi) is 4.03. The molecule has 0 aliphatic rings. The molecule has 0 nitrogen and oxygen atoms in total. The van der Waals surface area contributed by atoms with Crippen molar-refractivity contribution >= 4 is 0 Å². The lowest BCUT2D eigenvalue weighted by atomic mass is 9.97. The minimum atomic E-state index is -4.65. The molecule has 0 N–H and O–H groups in total. The van der Waals surface area contributed by atoms with Gasteiger partial charge >= 0.3 is 6.18 Å². The van der Waals surface area contributed by atoms with Gasteiger partial charge in [0.1, 0.15) is 0 Å². The third kappa shape index (κ3) is 3.40. The number of hydrogen-bond acceptors (Lipinski definition) is 0. The minimum Gasteiger partial charge on any atom is -0.205 e. The van der Waals surface area contributed by atoms with Crippen molar-refractivity contribution in [1.29, 1.82) is 0 Å². The van der Waals surface area contributed by atoms with Gasteiger partial charge in [-0.2, -0.15) is 13.2 Å². The largest absolute Gasteiger partial charge is 0.416 e. The van der Waals surface area contributed by atoms with Crippen LogP contribution in [0.15, 0.2) is 36.4 Å². The van der Waals surface area contributed by atoms with E-state index >= 15 is 0 Å². The van der Waals surface area contributed by atoms with Gasteiger partial charge in [-0.3, -0.25) is 0 Å². The Morgan fingerprint density at radius 2 is 1.48 bits per heavy atom. The predicted molar refractivity (Wildman–Crippen MR) is 71.3 cm³/mol. The van der Waals surface area contributed by atoms with E-state index in [1.54, 1.807) is 18.2 Å². The molecule has 112 valence electrons. The first-order chi connectivity index (χ1) is 9.68. The standard InChI is InChI=1S/C16H13F5/c1-9-3-4-11(5-10(9)2)12-6-13(15(17)18)8-14(7-12)16(19,20)21/h3-8,15H,1-2H3. The molecule has 2 rings (SSSR count). The zero-order valence-electron chi connectivity index (χ0n) is 11.4. The molecule has 0 saturated carbocycles. The number of rotatable bonds is 2. The van der Waals surface area contributed by atoms with E-state index in [4.69, 9.17) is 0 Å². The van der Waals surface area contributed by atoms with Gasteiger partial charge in [0.25, 0.3) is 6.43 Å². The van der Waals surface area contributed by atoms with E-state index in [-0.39, 0.29) is 5.56 Å². The van der Waals surface area contributed by atoms with Crippen molar-refractivity contribution in [1.82, 2.24) is 0 Å². The summed E-state index contributed by atoms with van der Waals surface area (Å²) < 4.78 is 64.1. The van der Waals surface area contributed by atoms with Gasteiger partial charge in [0.05, 0.1) is 5.56 Å². The van der Waals surface area contributed by atoms with Crippen molar-refractivity contribution in [2.75, 3.05) is 0 Å². The van der Waals surface area contributed by atoms with Gasteiger partial charge in [0.15, 0.2) is 0 Å². The van der Waals surface area contributed by atoms with Crippen LogP contribution in [0.25, 0.3) is 11.1 Å². The second-order valence-corrected chi connectivity index (χ2v) is 4.94. The lowest BCUT2D eigenvalue weighted by Crippen LogP contribution is -2.06. The Labute approximate surface area is 119 Å². The summed E-state index contributed by atoms with van der Waals surface area (Å²) in [7, 11) is 0. The molecule has 0 amide bonds. The van der Waals surface area contributed by atoms with Crippen LogP contribution < -0.4 is 0 Å². The molecular weight excluding hydrogens is 287 g/mol. The summed E-state index contributed by atoms with van der Waals surface area (Å²) in [6.07, 6.45) is -7.60. The first kappa shape index (κ1) is 15.5. The van der Waals surface area contributed by atoms with Crippen molar-refractivity contribution in [2.24, 2.45) is 0 Å². The summed E-state index contributed by atoms with van der Waals surface area (Å²) in [5.41, 5.74) is 0.823. The third-order valence-electron chi connectivity index (χ3n) is 3.37. The van der Waals surface area contributed by atoms with Crippen LogP contribution in [-0.4, -0.2) is 0 Å². The van der Waals surface area contributed by atoms with Crippen LogP contribution in [0.3, 0.4) is 0 Å². The fraction of sp³-hybridized carbons (Fsp3) is 0.250. The van der Waals surface area contributed by atoms with E-state index in [1.165, 1.54) is 0 Å². The van der Waals surface area contributed by atoms with Crippen molar-refractivity contribution in [2.45, 2.75) is 26.4 Å². The molecule has 0 aliphatic carbocycles. The fourth-order valence-electron chi connectivity index (χ4n) is 2.03. The SMILES string of the molecule is Cc1ccc(-c2cc(C(F)F)cc(C(F)(F)F)c2)cc1C. The average Bonchev–Trinajstić information content (AvgIpc) is 2.40. The minimum absolute atomic E-state index is 0.142. The molecule has 5 heteroatoms. The van der Waals surface area contributed by atoms with E-state index in [0.29, 0.717) is 11.6 Å². The van der Waals surface area contributed by atoms with Crippen LogP contribution in [0, 0.1) is 13.8 Å². The molecule has 0 aromatic heterocycles. The molecular formula is C16H13F5. The number of aryl methyl sites for hydroxylation is 2. The van der Waals surface area contributed by atoms with Crippen LogP contribution in [0.1, 0.15) is 28.7 Å². The molecule has 0 fully saturated rings. The van der Waals surface area contributed by atoms with Gasteiger partial charge in [-0.1, -0.05) is 18.2 Å². The van der Waals surface area contributed by atoms with Crippen molar-refractivity contribution in [3.63, 3.8) is 0 Å². The molecule has 0 atom stereocenters. The molecule has 2 aromatic rings. The summed E-state index contributed by atoms with van der Waals surface area (Å²) in [6.45, 7) is 3.69. The Morgan fingerprint density at radius 3 is 2.00 bits per heavy atom. The number of benzene rings is 2. The summed E-state index contributed by atoms with van der Waals surface area (Å²) in [6, 6.07) is 7.58. The molecule has 0 bridgehead atoms. The van der Waals surface area contributed by atoms with Gasteiger partial charge < -0.3 is 0 Å². The second-order valence-electron chi connectivity index (χ2n) is 4.94. The number of alkyl halides is 5. The Morgan fingerprint density at radius 1 is 0.810 bits per heavy atom. The van der Waals surface area contributed by atoms with Crippen LogP contribution >= 0.6 is 0 Å². The molecule has 0 unspecified atom stereocenters. The summed E-state index contributed by atoms with van der Waals surface area (Å²) >= 11 is 0. The molecule has 21 heavy (non-hydrogen) atoms. The molecule has 0 radical (unpaired) electrons. The highest BCUT2D eigenvalue weighted by molar-refractivity contribution is 5.67. The first-order valence-electron chi connectivity index (χ1n) is 6.26. The lowest BCUT2D eigenvalue weighted by molar-refractivity contribution is -0.137. The normalized spacial score (nSPS) is 12.0. The maximum Gasteiger partial charge on any atom is 0.416 e. The maximum absolute atomic E-state index is 12.8. The van der Waals surface area contributed by atoms with Crippen LogP contribution in [-0.2, 0) is 6.18 Å². The zero-order valence-corrected chi connectivity index (χ0v) is 11.4. The Balaban J connectivity index is 2.62. The van der Waals surface area contributed by atoms with E-state index in [0.717, 1.165) is 23.3 Å². The first-order valence-corrected chi connectivity index (χ1v) is 6.26. The van der Waals surface area contributed by atoms with Crippen LogP contribution in [0.2, 0.25) is 0 Å².